The number of amides is 4. The zero-order chi connectivity index (χ0) is 22.6. The predicted octanol–water partition coefficient (Wildman–Crippen LogP) is 3.12. The van der Waals surface area contributed by atoms with Crippen molar-refractivity contribution < 1.29 is 14.4 Å². The molecule has 2 aliphatic rings. The minimum Gasteiger partial charge on any atom is -0.343 e. The number of carbonyl (C=O) groups excluding carboxylic acids is 3. The fraction of sp³-hybridized carbons (Fsp3) is 0.478. The molecule has 1 N–H and O–H groups in total. The summed E-state index contributed by atoms with van der Waals surface area (Å²) in [6.07, 6.45) is 7.83. The first-order valence-electron chi connectivity index (χ1n) is 10.9. The van der Waals surface area contributed by atoms with Gasteiger partial charge in [0.2, 0.25) is 5.91 Å². The molecule has 4 rings (SSSR count). The molecule has 2 aliphatic heterocycles. The number of thiophene rings is 1. The highest BCUT2D eigenvalue weighted by atomic mass is 32.2. The molecular weight excluding hydrogens is 444 g/mol. The minimum atomic E-state index is -1.13. The van der Waals surface area contributed by atoms with Crippen LogP contribution in [0.1, 0.15) is 29.7 Å². The van der Waals surface area contributed by atoms with Crippen molar-refractivity contribution in [2.75, 3.05) is 31.6 Å². The van der Waals surface area contributed by atoms with Gasteiger partial charge in [-0.1, -0.05) is 12.1 Å². The predicted molar refractivity (Wildman–Crippen MR) is 126 cm³/mol. The fourth-order valence-electron chi connectivity index (χ4n) is 4.69. The quantitative estimate of drug-likeness (QED) is 0.597. The third kappa shape index (κ3) is 4.41. The first-order chi connectivity index (χ1) is 15.6. The van der Waals surface area contributed by atoms with E-state index in [0.29, 0.717) is 50.9 Å². The van der Waals surface area contributed by atoms with Crippen LogP contribution in [-0.4, -0.2) is 64.3 Å². The molecule has 0 aromatic carbocycles. The number of likely N-dealkylation sites (tertiary alicyclic amines) is 1. The standard InChI is InChI=1S/C23H28N4O3S2/c1-31-15-9-20(28)26-11-6-17(7-12-26)23(18-4-2-10-24-16-18)21(29)27(22(30)25-23)13-8-19-5-3-14-32-19/h2-5,10,14,16-17H,6-9,11-13,15H2,1H3,(H,25,30)/t23-/m0/s1. The summed E-state index contributed by atoms with van der Waals surface area (Å²) in [5.41, 5.74) is -0.418. The lowest BCUT2D eigenvalue weighted by molar-refractivity contribution is -0.136. The molecule has 1 atom stereocenters. The Kier molecular flexibility index (Phi) is 7.15. The van der Waals surface area contributed by atoms with E-state index in [0.717, 1.165) is 10.6 Å². The lowest BCUT2D eigenvalue weighted by atomic mass is 9.73. The summed E-state index contributed by atoms with van der Waals surface area (Å²) in [6.45, 7) is 1.54. The van der Waals surface area contributed by atoms with Crippen molar-refractivity contribution in [3.8, 4) is 0 Å². The van der Waals surface area contributed by atoms with E-state index in [9.17, 15) is 14.4 Å². The molecule has 32 heavy (non-hydrogen) atoms. The summed E-state index contributed by atoms with van der Waals surface area (Å²) in [4.78, 5) is 47.8. The van der Waals surface area contributed by atoms with Crippen LogP contribution in [-0.2, 0) is 21.5 Å². The van der Waals surface area contributed by atoms with Gasteiger partial charge in [-0.2, -0.15) is 11.8 Å². The van der Waals surface area contributed by atoms with E-state index in [-0.39, 0.29) is 23.8 Å². The van der Waals surface area contributed by atoms with Crippen LogP contribution in [0.5, 0.6) is 0 Å². The Morgan fingerprint density at radius 3 is 2.75 bits per heavy atom. The second-order valence-corrected chi connectivity index (χ2v) is 10.2. The Morgan fingerprint density at radius 2 is 2.09 bits per heavy atom. The number of imide groups is 1. The van der Waals surface area contributed by atoms with E-state index in [1.807, 2.05) is 34.7 Å². The number of hydrogen-bond donors (Lipinski definition) is 1. The van der Waals surface area contributed by atoms with Crippen LogP contribution in [0.15, 0.2) is 42.0 Å². The number of nitrogens with one attached hydrogen (secondary N) is 1. The van der Waals surface area contributed by atoms with Gasteiger partial charge in [-0.3, -0.25) is 19.5 Å². The Labute approximate surface area is 196 Å². The normalized spacial score (nSPS) is 21.8. The highest BCUT2D eigenvalue weighted by Crippen LogP contribution is 2.41. The lowest BCUT2D eigenvalue weighted by Gasteiger charge is -2.41. The highest BCUT2D eigenvalue weighted by molar-refractivity contribution is 7.98. The maximum Gasteiger partial charge on any atom is 0.325 e. The fourth-order valence-corrected chi connectivity index (χ4v) is 5.77. The Morgan fingerprint density at radius 1 is 1.28 bits per heavy atom. The summed E-state index contributed by atoms with van der Waals surface area (Å²) >= 11 is 3.29. The van der Waals surface area contributed by atoms with Gasteiger partial charge in [-0.15, -0.1) is 11.3 Å². The van der Waals surface area contributed by atoms with Crippen molar-refractivity contribution in [2.45, 2.75) is 31.2 Å². The number of aromatic nitrogens is 1. The molecular formula is C23H28N4O3S2. The van der Waals surface area contributed by atoms with E-state index in [1.54, 1.807) is 41.6 Å². The molecule has 0 bridgehead atoms. The SMILES string of the molecule is CSCCC(=O)N1CCC([C@@]2(c3cccnc3)NC(=O)N(CCc3cccs3)C2=O)CC1. The van der Waals surface area contributed by atoms with Crippen molar-refractivity contribution in [2.24, 2.45) is 5.92 Å². The second-order valence-electron chi connectivity index (χ2n) is 8.16. The molecule has 2 fully saturated rings. The van der Waals surface area contributed by atoms with Crippen LogP contribution in [0.4, 0.5) is 4.79 Å². The Hall–Kier alpha value is -2.39. The topological polar surface area (TPSA) is 82.6 Å². The number of urea groups is 1. The lowest BCUT2D eigenvalue weighted by Crippen LogP contribution is -2.54. The largest absolute Gasteiger partial charge is 0.343 e. The third-order valence-electron chi connectivity index (χ3n) is 6.39. The number of rotatable bonds is 8. The van der Waals surface area contributed by atoms with Gasteiger partial charge in [0.1, 0.15) is 0 Å². The smallest absolute Gasteiger partial charge is 0.325 e. The molecule has 2 saturated heterocycles. The van der Waals surface area contributed by atoms with Gasteiger partial charge >= 0.3 is 6.03 Å². The molecule has 4 amide bonds. The molecule has 0 saturated carbocycles. The summed E-state index contributed by atoms with van der Waals surface area (Å²) < 4.78 is 0. The van der Waals surface area contributed by atoms with Crippen LogP contribution < -0.4 is 5.32 Å². The first-order valence-corrected chi connectivity index (χ1v) is 13.2. The Balaban J connectivity index is 1.54. The van der Waals surface area contributed by atoms with E-state index in [2.05, 4.69) is 10.3 Å². The molecule has 0 radical (unpaired) electrons. The summed E-state index contributed by atoms with van der Waals surface area (Å²) in [5, 5.41) is 5.05. The second kappa shape index (κ2) is 10.0. The van der Waals surface area contributed by atoms with Crippen molar-refractivity contribution in [1.29, 1.82) is 0 Å². The monoisotopic (exact) mass is 472 g/mol. The van der Waals surface area contributed by atoms with Gasteiger partial charge in [-0.25, -0.2) is 4.79 Å². The van der Waals surface area contributed by atoms with Crippen molar-refractivity contribution in [1.82, 2.24) is 20.1 Å². The molecule has 0 aliphatic carbocycles. The maximum absolute atomic E-state index is 13.8. The van der Waals surface area contributed by atoms with Gasteiger partial charge in [0.25, 0.3) is 5.91 Å². The van der Waals surface area contributed by atoms with Crippen LogP contribution in [0.25, 0.3) is 0 Å². The van der Waals surface area contributed by atoms with Gasteiger partial charge < -0.3 is 10.2 Å². The van der Waals surface area contributed by atoms with Crippen molar-refractivity contribution >= 4 is 40.9 Å². The van der Waals surface area contributed by atoms with Gasteiger partial charge in [-0.05, 0) is 48.9 Å². The molecule has 2 aromatic rings. The van der Waals surface area contributed by atoms with Gasteiger partial charge in [0, 0.05) is 54.6 Å². The average Bonchev–Trinajstić information content (AvgIpc) is 3.43. The van der Waals surface area contributed by atoms with E-state index < -0.39 is 5.54 Å². The minimum absolute atomic E-state index is 0.0977. The maximum atomic E-state index is 13.8. The van der Waals surface area contributed by atoms with Gasteiger partial charge in [0.05, 0.1) is 0 Å². The van der Waals surface area contributed by atoms with Crippen molar-refractivity contribution in [3.05, 3.63) is 52.5 Å². The highest BCUT2D eigenvalue weighted by Gasteiger charge is 2.57. The first kappa shape index (κ1) is 22.8. The number of carbonyl (C=O) groups is 3. The summed E-state index contributed by atoms with van der Waals surface area (Å²) in [6, 6.07) is 7.30. The Bertz CT molecular complexity index is 945. The van der Waals surface area contributed by atoms with Crippen molar-refractivity contribution in [3.63, 3.8) is 0 Å². The average molecular weight is 473 g/mol. The van der Waals surface area contributed by atoms with Crippen LogP contribution in [0.3, 0.4) is 0 Å². The van der Waals surface area contributed by atoms with Crippen LogP contribution in [0, 0.1) is 5.92 Å². The zero-order valence-electron chi connectivity index (χ0n) is 18.2. The van der Waals surface area contributed by atoms with Crippen LogP contribution in [0.2, 0.25) is 0 Å². The molecule has 4 heterocycles. The number of piperidine rings is 1. The van der Waals surface area contributed by atoms with E-state index >= 15 is 0 Å². The third-order valence-corrected chi connectivity index (χ3v) is 7.94. The zero-order valence-corrected chi connectivity index (χ0v) is 19.8. The molecule has 0 spiro atoms. The molecule has 2 aromatic heterocycles. The number of pyridine rings is 1. The molecule has 170 valence electrons. The van der Waals surface area contributed by atoms with Crippen LogP contribution >= 0.6 is 23.1 Å². The molecule has 9 heteroatoms. The van der Waals surface area contributed by atoms with E-state index in [1.165, 1.54) is 4.90 Å². The molecule has 0 unspecified atom stereocenters. The number of nitrogens with zero attached hydrogens (tertiary/aromatic N) is 3. The van der Waals surface area contributed by atoms with E-state index in [4.69, 9.17) is 0 Å². The summed E-state index contributed by atoms with van der Waals surface area (Å²) in [5.74, 6) is 0.665. The number of thioether (sulfide) groups is 1. The van der Waals surface area contributed by atoms with Gasteiger partial charge in [0.15, 0.2) is 5.54 Å². The summed E-state index contributed by atoms with van der Waals surface area (Å²) in [7, 11) is 0. The number of hydrogen-bond acceptors (Lipinski definition) is 6. The molecule has 7 nitrogen and oxygen atoms in total.